The third-order valence-corrected chi connectivity index (χ3v) is 6.05. The zero-order chi connectivity index (χ0) is 29.0. The molecule has 0 bridgehead atoms. The van der Waals surface area contributed by atoms with Gasteiger partial charge in [-0.2, -0.15) is 0 Å². The number of nitro groups is 1. The largest absolute Gasteiger partial charge is 0.482 e. The van der Waals surface area contributed by atoms with Gasteiger partial charge >= 0.3 is 11.8 Å². The summed E-state index contributed by atoms with van der Waals surface area (Å²) in [6.07, 6.45) is 0.133. The van der Waals surface area contributed by atoms with Crippen molar-refractivity contribution in [2.24, 2.45) is 0 Å². The molecule has 0 spiro atoms. The van der Waals surface area contributed by atoms with Crippen LogP contribution in [0.4, 0.5) is 10.5 Å². The van der Waals surface area contributed by atoms with E-state index in [2.05, 4.69) is 10.2 Å². The Morgan fingerprint density at radius 2 is 1.65 bits per heavy atom. The number of amides is 1. The lowest BCUT2D eigenvalue weighted by atomic mass is 10.1. The number of carbonyl (C=O) groups is 1. The number of alkyl carbamates (subject to hydrolysis) is 1. The highest BCUT2D eigenvalue weighted by atomic mass is 16.6. The molecule has 9 nitrogen and oxygen atoms in total. The fourth-order valence-corrected chi connectivity index (χ4v) is 4.13. The SMILES string of the molecule is CC(C)(C)OC(=O)NCCCCN(Cc1ccccc1)CC(O)c1ccc(OCc2ccccc2)c([N+](=O)[O-])c1. The molecule has 0 aromatic heterocycles. The minimum Gasteiger partial charge on any atom is -0.482 e. The second-order valence-electron chi connectivity index (χ2n) is 10.6. The first-order valence-corrected chi connectivity index (χ1v) is 13.5. The Bertz CT molecular complexity index is 1210. The average molecular weight is 550 g/mol. The van der Waals surface area contributed by atoms with Crippen molar-refractivity contribution in [1.82, 2.24) is 10.2 Å². The zero-order valence-electron chi connectivity index (χ0n) is 23.4. The van der Waals surface area contributed by atoms with Crippen LogP contribution in [0.15, 0.2) is 78.9 Å². The number of nitrogens with one attached hydrogen (secondary N) is 1. The number of aliphatic hydroxyl groups excluding tert-OH is 1. The van der Waals surface area contributed by atoms with E-state index in [1.54, 1.807) is 12.1 Å². The summed E-state index contributed by atoms with van der Waals surface area (Å²) in [5.74, 6) is 0.156. The first kappa shape index (κ1) is 30.6. The van der Waals surface area contributed by atoms with Gasteiger partial charge in [0, 0.05) is 25.7 Å². The molecule has 1 atom stereocenters. The number of benzene rings is 3. The van der Waals surface area contributed by atoms with E-state index in [1.807, 2.05) is 81.4 Å². The molecule has 0 radical (unpaired) electrons. The molecule has 0 fully saturated rings. The molecule has 40 heavy (non-hydrogen) atoms. The van der Waals surface area contributed by atoms with E-state index in [0.717, 1.165) is 24.0 Å². The molecule has 3 aromatic rings. The minimum absolute atomic E-state index is 0.156. The first-order valence-electron chi connectivity index (χ1n) is 13.5. The number of rotatable bonds is 14. The molecule has 0 saturated carbocycles. The summed E-state index contributed by atoms with van der Waals surface area (Å²) >= 11 is 0. The number of nitrogens with zero attached hydrogens (tertiary/aromatic N) is 2. The van der Waals surface area contributed by atoms with Crippen LogP contribution in [0.5, 0.6) is 5.75 Å². The summed E-state index contributed by atoms with van der Waals surface area (Å²) in [5.41, 5.74) is 1.71. The maximum atomic E-state index is 11.9. The molecule has 2 N–H and O–H groups in total. The van der Waals surface area contributed by atoms with Crippen LogP contribution in [0.3, 0.4) is 0 Å². The summed E-state index contributed by atoms with van der Waals surface area (Å²) in [5, 5.41) is 25.6. The van der Waals surface area contributed by atoms with E-state index >= 15 is 0 Å². The van der Waals surface area contributed by atoms with Crippen molar-refractivity contribution in [2.75, 3.05) is 19.6 Å². The van der Waals surface area contributed by atoms with Gasteiger partial charge in [0.15, 0.2) is 5.75 Å². The van der Waals surface area contributed by atoms with Crippen molar-refractivity contribution in [3.8, 4) is 5.75 Å². The Labute approximate surface area is 235 Å². The van der Waals surface area contributed by atoms with E-state index in [9.17, 15) is 20.0 Å². The maximum Gasteiger partial charge on any atom is 0.407 e. The van der Waals surface area contributed by atoms with Gasteiger partial charge in [0.25, 0.3) is 0 Å². The highest BCUT2D eigenvalue weighted by molar-refractivity contribution is 5.67. The number of unbranched alkanes of at least 4 members (excludes halogenated alkanes) is 1. The molecule has 1 amide bonds. The summed E-state index contributed by atoms with van der Waals surface area (Å²) in [4.78, 5) is 25.3. The van der Waals surface area contributed by atoms with Crippen LogP contribution in [-0.4, -0.2) is 46.3 Å². The monoisotopic (exact) mass is 549 g/mol. The minimum atomic E-state index is -0.939. The first-order chi connectivity index (χ1) is 19.1. The van der Waals surface area contributed by atoms with Crippen LogP contribution in [0.25, 0.3) is 0 Å². The van der Waals surface area contributed by atoms with Crippen LogP contribution in [0, 0.1) is 10.1 Å². The van der Waals surface area contributed by atoms with Crippen molar-refractivity contribution < 1.29 is 24.3 Å². The molecule has 9 heteroatoms. The fraction of sp³-hybridized carbons (Fsp3) is 0.387. The van der Waals surface area contributed by atoms with Crippen molar-refractivity contribution in [2.45, 2.75) is 58.5 Å². The van der Waals surface area contributed by atoms with E-state index < -0.39 is 22.7 Å². The van der Waals surface area contributed by atoms with E-state index in [0.29, 0.717) is 25.2 Å². The van der Waals surface area contributed by atoms with E-state index in [4.69, 9.17) is 9.47 Å². The van der Waals surface area contributed by atoms with Gasteiger partial charge in [-0.25, -0.2) is 4.79 Å². The molecule has 1 unspecified atom stereocenters. The van der Waals surface area contributed by atoms with Crippen molar-refractivity contribution >= 4 is 11.8 Å². The molecule has 0 saturated heterocycles. The highest BCUT2D eigenvalue weighted by Crippen LogP contribution is 2.31. The molecule has 3 rings (SSSR count). The third kappa shape index (κ3) is 10.7. The third-order valence-electron chi connectivity index (χ3n) is 6.05. The van der Waals surface area contributed by atoms with Gasteiger partial charge in [0.2, 0.25) is 0 Å². The Kier molecular flexibility index (Phi) is 11.5. The van der Waals surface area contributed by atoms with Crippen LogP contribution in [0.1, 0.15) is 56.4 Å². The Morgan fingerprint density at radius 1 is 1.00 bits per heavy atom. The molecule has 214 valence electrons. The number of carbonyl (C=O) groups excluding carboxylic acids is 1. The standard InChI is InChI=1S/C31H39N3O6/c1-31(2,3)40-30(36)32-18-10-11-19-33(21-24-12-6-4-7-13-24)22-28(35)26-16-17-29(27(20-26)34(37)38)39-23-25-14-8-5-9-15-25/h4-9,12-17,20,28,35H,10-11,18-19,21-23H2,1-3H3,(H,32,36). The molecular weight excluding hydrogens is 510 g/mol. The Hall–Kier alpha value is -3.95. The zero-order valence-corrected chi connectivity index (χ0v) is 23.4. The van der Waals surface area contributed by atoms with Gasteiger partial charge in [0.1, 0.15) is 12.2 Å². The number of hydrogen-bond acceptors (Lipinski definition) is 7. The summed E-state index contributed by atoms with van der Waals surface area (Å²) in [7, 11) is 0. The molecule has 0 aliphatic heterocycles. The lowest BCUT2D eigenvalue weighted by molar-refractivity contribution is -0.386. The smallest absolute Gasteiger partial charge is 0.407 e. The van der Waals surface area contributed by atoms with E-state index in [1.165, 1.54) is 6.07 Å². The summed E-state index contributed by atoms with van der Waals surface area (Å²) < 4.78 is 11.0. The van der Waals surface area contributed by atoms with Gasteiger partial charge in [-0.15, -0.1) is 0 Å². The Balaban J connectivity index is 1.62. The number of aliphatic hydroxyl groups is 1. The lowest BCUT2D eigenvalue weighted by Gasteiger charge is -2.25. The predicted molar refractivity (Wildman–Crippen MR) is 154 cm³/mol. The highest BCUT2D eigenvalue weighted by Gasteiger charge is 2.21. The van der Waals surface area contributed by atoms with Crippen molar-refractivity contribution in [3.05, 3.63) is 106 Å². The van der Waals surface area contributed by atoms with Crippen LogP contribution >= 0.6 is 0 Å². The van der Waals surface area contributed by atoms with Crippen molar-refractivity contribution in [3.63, 3.8) is 0 Å². The van der Waals surface area contributed by atoms with Crippen LogP contribution in [0.2, 0.25) is 0 Å². The van der Waals surface area contributed by atoms with Gasteiger partial charge < -0.3 is 19.9 Å². The normalized spacial score (nSPS) is 12.1. The van der Waals surface area contributed by atoms with Gasteiger partial charge in [-0.05, 0) is 62.9 Å². The Morgan fingerprint density at radius 3 is 2.27 bits per heavy atom. The molecule has 0 heterocycles. The molecule has 0 aliphatic carbocycles. The molecule has 3 aromatic carbocycles. The fourth-order valence-electron chi connectivity index (χ4n) is 4.13. The quantitative estimate of drug-likeness (QED) is 0.144. The number of hydrogen-bond donors (Lipinski definition) is 2. The summed E-state index contributed by atoms with van der Waals surface area (Å²) in [6.45, 7) is 7.71. The topological polar surface area (TPSA) is 114 Å². The van der Waals surface area contributed by atoms with Gasteiger partial charge in [-0.1, -0.05) is 66.7 Å². The van der Waals surface area contributed by atoms with Gasteiger partial charge in [0.05, 0.1) is 11.0 Å². The number of nitro benzene ring substituents is 1. The van der Waals surface area contributed by atoms with E-state index in [-0.39, 0.29) is 24.6 Å². The molecule has 0 aliphatic rings. The van der Waals surface area contributed by atoms with Crippen LogP contribution < -0.4 is 10.1 Å². The second kappa shape index (κ2) is 15.0. The average Bonchev–Trinajstić information content (AvgIpc) is 2.91. The summed E-state index contributed by atoms with van der Waals surface area (Å²) in [6, 6.07) is 24.0. The van der Waals surface area contributed by atoms with Gasteiger partial charge in [-0.3, -0.25) is 15.0 Å². The lowest BCUT2D eigenvalue weighted by Crippen LogP contribution is -2.33. The second-order valence-corrected chi connectivity index (χ2v) is 10.6. The number of ether oxygens (including phenoxy) is 2. The predicted octanol–water partition coefficient (Wildman–Crippen LogP) is 6.01. The maximum absolute atomic E-state index is 11.9. The van der Waals surface area contributed by atoms with Crippen molar-refractivity contribution in [1.29, 1.82) is 0 Å². The molecular formula is C31H39N3O6. The van der Waals surface area contributed by atoms with Crippen LogP contribution in [-0.2, 0) is 17.9 Å².